The van der Waals surface area contributed by atoms with Crippen LogP contribution in [0.15, 0.2) is 18.3 Å². The zero-order valence-electron chi connectivity index (χ0n) is 10.1. The van der Waals surface area contributed by atoms with Crippen LogP contribution in [-0.2, 0) is 10.8 Å². The molecule has 1 aromatic heterocycles. The Hall–Kier alpha value is -1.36. The number of aromatic nitrogens is 1. The molecular formula is C13H18N2. The molecule has 0 fully saturated rings. The fraction of sp³-hybridized carbons (Fsp3) is 0.538. The van der Waals surface area contributed by atoms with Gasteiger partial charge < -0.3 is 0 Å². The summed E-state index contributed by atoms with van der Waals surface area (Å²) in [5, 5.41) is 9.07. The summed E-state index contributed by atoms with van der Waals surface area (Å²) in [7, 11) is 0. The van der Waals surface area contributed by atoms with Gasteiger partial charge in [-0.25, -0.2) is 0 Å². The van der Waals surface area contributed by atoms with Gasteiger partial charge in [0.15, 0.2) is 0 Å². The van der Waals surface area contributed by atoms with Crippen molar-refractivity contribution in [2.75, 3.05) is 0 Å². The van der Waals surface area contributed by atoms with Crippen LogP contribution in [0.1, 0.15) is 45.9 Å². The number of pyridine rings is 1. The lowest BCUT2D eigenvalue weighted by molar-refractivity contribution is 0.563. The lowest BCUT2D eigenvalue weighted by atomic mass is 9.83. The predicted molar refractivity (Wildman–Crippen MR) is 61.6 cm³/mol. The van der Waals surface area contributed by atoms with E-state index in [1.165, 1.54) is 0 Å². The van der Waals surface area contributed by atoms with Crippen molar-refractivity contribution in [2.45, 2.75) is 45.4 Å². The van der Waals surface area contributed by atoms with Crippen molar-refractivity contribution in [1.29, 1.82) is 5.26 Å². The maximum Gasteiger partial charge on any atom is 0.0767 e. The molecule has 2 heteroatoms. The first kappa shape index (κ1) is 11.7. The van der Waals surface area contributed by atoms with Crippen molar-refractivity contribution in [3.8, 4) is 6.07 Å². The molecule has 0 saturated heterocycles. The average Bonchev–Trinajstić information content (AvgIpc) is 2.17. The fourth-order valence-electron chi connectivity index (χ4n) is 1.29. The van der Waals surface area contributed by atoms with Crippen molar-refractivity contribution in [1.82, 2.24) is 4.98 Å². The van der Waals surface area contributed by atoms with Crippen LogP contribution in [0.2, 0.25) is 0 Å². The van der Waals surface area contributed by atoms with Gasteiger partial charge >= 0.3 is 0 Å². The zero-order valence-corrected chi connectivity index (χ0v) is 10.1. The summed E-state index contributed by atoms with van der Waals surface area (Å²) in [6, 6.07) is 6.25. The molecular weight excluding hydrogens is 184 g/mol. The summed E-state index contributed by atoms with van der Waals surface area (Å²) in [6.07, 6.45) is 1.79. The van der Waals surface area contributed by atoms with Gasteiger partial charge in [-0.2, -0.15) is 5.26 Å². The molecule has 0 aliphatic heterocycles. The summed E-state index contributed by atoms with van der Waals surface area (Å²) in [5.74, 6) is 0. The van der Waals surface area contributed by atoms with Crippen LogP contribution < -0.4 is 0 Å². The van der Waals surface area contributed by atoms with E-state index in [0.717, 1.165) is 11.3 Å². The van der Waals surface area contributed by atoms with Gasteiger partial charge in [0.2, 0.25) is 0 Å². The van der Waals surface area contributed by atoms with Crippen LogP contribution in [0.5, 0.6) is 0 Å². The molecule has 0 atom stereocenters. The predicted octanol–water partition coefficient (Wildman–Crippen LogP) is 3.18. The standard InChI is InChI=1S/C13H18N2/c1-12(2,3)11-8-10(6-7-15-11)13(4,5)9-14/h6-8H,1-5H3. The maximum absolute atomic E-state index is 9.07. The summed E-state index contributed by atoms with van der Waals surface area (Å²) >= 11 is 0. The second kappa shape index (κ2) is 3.66. The number of nitriles is 1. The lowest BCUT2D eigenvalue weighted by Crippen LogP contribution is -2.18. The highest BCUT2D eigenvalue weighted by molar-refractivity contribution is 5.32. The highest BCUT2D eigenvalue weighted by Gasteiger charge is 2.23. The molecule has 0 bridgehead atoms. The second-order valence-corrected chi connectivity index (χ2v) is 5.42. The molecule has 1 heterocycles. The molecule has 0 spiro atoms. The molecule has 0 aromatic carbocycles. The average molecular weight is 202 g/mol. The number of hydrogen-bond donors (Lipinski definition) is 0. The van der Waals surface area contributed by atoms with Crippen LogP contribution in [0.4, 0.5) is 0 Å². The Morgan fingerprint density at radius 3 is 2.27 bits per heavy atom. The van der Waals surface area contributed by atoms with Gasteiger partial charge in [-0.1, -0.05) is 20.8 Å². The molecule has 15 heavy (non-hydrogen) atoms. The Bertz CT molecular complexity index is 392. The molecule has 0 unspecified atom stereocenters. The SMILES string of the molecule is CC(C)(C)c1cc(C(C)(C)C#N)ccn1. The van der Waals surface area contributed by atoms with Crippen LogP contribution in [0.3, 0.4) is 0 Å². The van der Waals surface area contributed by atoms with Gasteiger partial charge in [-0.15, -0.1) is 0 Å². The fourth-order valence-corrected chi connectivity index (χ4v) is 1.29. The summed E-state index contributed by atoms with van der Waals surface area (Å²) < 4.78 is 0. The topological polar surface area (TPSA) is 36.7 Å². The van der Waals surface area contributed by atoms with Gasteiger partial charge in [-0.3, -0.25) is 4.98 Å². The first-order valence-electron chi connectivity index (χ1n) is 5.15. The normalized spacial score (nSPS) is 12.3. The largest absolute Gasteiger partial charge is 0.261 e. The number of hydrogen-bond acceptors (Lipinski definition) is 2. The summed E-state index contributed by atoms with van der Waals surface area (Å²) in [6.45, 7) is 10.2. The van der Waals surface area contributed by atoms with E-state index in [-0.39, 0.29) is 5.41 Å². The highest BCUT2D eigenvalue weighted by Crippen LogP contribution is 2.26. The molecule has 1 aromatic rings. The monoisotopic (exact) mass is 202 g/mol. The Balaban J connectivity index is 3.22. The molecule has 0 aliphatic carbocycles. The minimum atomic E-state index is -0.442. The van der Waals surface area contributed by atoms with Crippen molar-refractivity contribution < 1.29 is 0 Å². The first-order chi connectivity index (χ1) is 6.77. The third-order valence-corrected chi connectivity index (χ3v) is 2.53. The van der Waals surface area contributed by atoms with Crippen molar-refractivity contribution >= 4 is 0 Å². The molecule has 0 amide bonds. The number of rotatable bonds is 1. The quantitative estimate of drug-likeness (QED) is 0.701. The van der Waals surface area contributed by atoms with E-state index in [0.29, 0.717) is 0 Å². The van der Waals surface area contributed by atoms with Crippen molar-refractivity contribution in [3.05, 3.63) is 29.6 Å². The van der Waals surface area contributed by atoms with Gasteiger partial charge in [0.25, 0.3) is 0 Å². The van der Waals surface area contributed by atoms with E-state index in [9.17, 15) is 0 Å². The second-order valence-electron chi connectivity index (χ2n) is 5.42. The van der Waals surface area contributed by atoms with Crippen LogP contribution in [0.25, 0.3) is 0 Å². The molecule has 0 aliphatic rings. The molecule has 1 rings (SSSR count). The summed E-state index contributed by atoms with van der Waals surface area (Å²) in [4.78, 5) is 4.35. The van der Waals surface area contributed by atoms with Gasteiger partial charge in [0.1, 0.15) is 0 Å². The first-order valence-corrected chi connectivity index (χ1v) is 5.15. The Kier molecular flexibility index (Phi) is 2.86. The third kappa shape index (κ3) is 2.56. The van der Waals surface area contributed by atoms with Gasteiger partial charge in [0, 0.05) is 17.3 Å². The van der Waals surface area contributed by atoms with Crippen LogP contribution in [-0.4, -0.2) is 4.98 Å². The van der Waals surface area contributed by atoms with E-state index in [4.69, 9.17) is 5.26 Å². The number of nitrogens with zero attached hydrogens (tertiary/aromatic N) is 2. The molecule has 0 N–H and O–H groups in total. The van der Waals surface area contributed by atoms with Crippen molar-refractivity contribution in [3.63, 3.8) is 0 Å². The molecule has 0 radical (unpaired) electrons. The van der Waals surface area contributed by atoms with Gasteiger partial charge in [0.05, 0.1) is 11.5 Å². The summed E-state index contributed by atoms with van der Waals surface area (Å²) in [5.41, 5.74) is 1.65. The smallest absolute Gasteiger partial charge is 0.0767 e. The van der Waals surface area contributed by atoms with Gasteiger partial charge in [-0.05, 0) is 31.5 Å². The van der Waals surface area contributed by atoms with Crippen molar-refractivity contribution in [2.24, 2.45) is 0 Å². The maximum atomic E-state index is 9.07. The lowest BCUT2D eigenvalue weighted by Gasteiger charge is -2.21. The zero-order chi connectivity index (χ0) is 11.7. The molecule has 2 nitrogen and oxygen atoms in total. The highest BCUT2D eigenvalue weighted by atomic mass is 14.7. The third-order valence-electron chi connectivity index (χ3n) is 2.53. The van der Waals surface area contributed by atoms with Crippen LogP contribution >= 0.6 is 0 Å². The minimum Gasteiger partial charge on any atom is -0.261 e. The van der Waals surface area contributed by atoms with E-state index >= 15 is 0 Å². The van der Waals surface area contributed by atoms with Crippen LogP contribution in [0, 0.1) is 11.3 Å². The van der Waals surface area contributed by atoms with E-state index in [1.54, 1.807) is 6.20 Å². The molecule has 0 saturated carbocycles. The Morgan fingerprint density at radius 1 is 1.20 bits per heavy atom. The molecule has 80 valence electrons. The van der Waals surface area contributed by atoms with E-state index in [2.05, 4.69) is 31.8 Å². The van der Waals surface area contributed by atoms with E-state index < -0.39 is 5.41 Å². The minimum absolute atomic E-state index is 0.0293. The van der Waals surface area contributed by atoms with E-state index in [1.807, 2.05) is 26.0 Å². The Morgan fingerprint density at radius 2 is 1.80 bits per heavy atom. The Labute approximate surface area is 92.0 Å².